The van der Waals surface area contributed by atoms with E-state index >= 15 is 0 Å². The summed E-state index contributed by atoms with van der Waals surface area (Å²) in [5.74, 6) is 0.0942. The Morgan fingerprint density at radius 2 is 2.20 bits per heavy atom. The van der Waals surface area contributed by atoms with Gasteiger partial charge >= 0.3 is 6.09 Å². The number of halogens is 1. The third-order valence-corrected chi connectivity index (χ3v) is 4.07. The van der Waals surface area contributed by atoms with Crippen LogP contribution in [-0.4, -0.2) is 39.6 Å². The maximum absolute atomic E-state index is 12.2. The van der Waals surface area contributed by atoms with Gasteiger partial charge in [0.05, 0.1) is 4.47 Å². The topological polar surface area (TPSA) is 82.5 Å². The van der Waals surface area contributed by atoms with E-state index in [0.29, 0.717) is 29.7 Å². The maximum atomic E-state index is 12.2. The second-order valence-electron chi connectivity index (χ2n) is 4.84. The maximum Gasteiger partial charge on any atom is 0.407 e. The van der Waals surface area contributed by atoms with Gasteiger partial charge in [-0.3, -0.25) is 9.69 Å². The van der Waals surface area contributed by atoms with E-state index in [1.54, 1.807) is 0 Å². The van der Waals surface area contributed by atoms with Gasteiger partial charge in [-0.2, -0.15) is 0 Å². The Morgan fingerprint density at radius 3 is 2.85 bits per heavy atom. The van der Waals surface area contributed by atoms with Gasteiger partial charge in [0.15, 0.2) is 0 Å². The predicted molar refractivity (Wildman–Crippen MR) is 77.8 cm³/mol. The smallest absolute Gasteiger partial charge is 0.407 e. The number of likely N-dealkylation sites (tertiary alicyclic amines) is 1. The Kier molecular flexibility index (Phi) is 4.27. The molecule has 0 bridgehead atoms. The highest BCUT2D eigenvalue weighted by Gasteiger charge is 2.34. The van der Waals surface area contributed by atoms with Gasteiger partial charge in [0, 0.05) is 12.2 Å². The number of anilines is 1. The molecule has 2 N–H and O–H groups in total. The molecule has 2 amide bonds. The van der Waals surface area contributed by atoms with E-state index in [0.717, 1.165) is 11.3 Å². The monoisotopic (exact) mass is 341 g/mol. The summed E-state index contributed by atoms with van der Waals surface area (Å²) in [5, 5.41) is 11.8. The van der Waals surface area contributed by atoms with Crippen LogP contribution in [0.4, 0.5) is 10.6 Å². The lowest BCUT2D eigenvalue weighted by molar-refractivity contribution is -0.119. The summed E-state index contributed by atoms with van der Waals surface area (Å²) in [6.07, 6.45) is 0.182. The predicted octanol–water partition coefficient (Wildman–Crippen LogP) is 2.54. The molecule has 1 aromatic heterocycles. The van der Waals surface area contributed by atoms with Gasteiger partial charge in [-0.05, 0) is 54.2 Å². The molecular weight excluding hydrogens is 326 g/mol. The van der Waals surface area contributed by atoms with Crippen LogP contribution in [0.1, 0.15) is 24.1 Å². The lowest BCUT2D eigenvalue weighted by atomic mass is 10.2. The molecule has 1 aliphatic heterocycles. The molecule has 0 saturated carbocycles. The van der Waals surface area contributed by atoms with Crippen LogP contribution >= 0.6 is 15.9 Å². The number of carboxylic acid groups (broad SMARTS) is 1. The normalized spacial score (nSPS) is 18.1. The number of aryl methyl sites for hydroxylation is 2. The molecule has 0 radical (unpaired) electrons. The highest BCUT2D eigenvalue weighted by Crippen LogP contribution is 2.24. The van der Waals surface area contributed by atoms with Crippen molar-refractivity contribution in [3.8, 4) is 0 Å². The molecule has 0 aromatic carbocycles. The standard InChI is InChI=1S/C13H16BrN3O3/c1-7-6-9(14)11(15-8(7)2)16-12(18)10-4-3-5-17(10)13(19)20/h6,10H,3-5H2,1-2H3,(H,19,20)(H,15,16,18). The van der Waals surface area contributed by atoms with Crippen LogP contribution in [0.5, 0.6) is 0 Å². The molecule has 2 heterocycles. The average Bonchev–Trinajstić information content (AvgIpc) is 2.85. The number of nitrogens with zero attached hydrogens (tertiary/aromatic N) is 2. The first kappa shape index (κ1) is 14.8. The zero-order chi connectivity index (χ0) is 14.9. The van der Waals surface area contributed by atoms with Crippen molar-refractivity contribution < 1.29 is 14.7 Å². The molecule has 1 aliphatic rings. The van der Waals surface area contributed by atoms with Gasteiger partial charge in [-0.1, -0.05) is 0 Å². The quantitative estimate of drug-likeness (QED) is 0.865. The molecular formula is C13H16BrN3O3. The van der Waals surface area contributed by atoms with Gasteiger partial charge in [-0.15, -0.1) is 0 Å². The van der Waals surface area contributed by atoms with E-state index < -0.39 is 12.1 Å². The molecule has 1 unspecified atom stereocenters. The van der Waals surface area contributed by atoms with E-state index in [4.69, 9.17) is 5.11 Å². The van der Waals surface area contributed by atoms with Crippen LogP contribution in [0, 0.1) is 13.8 Å². The van der Waals surface area contributed by atoms with E-state index in [1.807, 2.05) is 19.9 Å². The number of rotatable bonds is 2. The van der Waals surface area contributed by atoms with Crippen LogP contribution in [0.15, 0.2) is 10.5 Å². The fourth-order valence-electron chi connectivity index (χ4n) is 2.23. The van der Waals surface area contributed by atoms with Crippen LogP contribution in [-0.2, 0) is 4.79 Å². The SMILES string of the molecule is Cc1cc(Br)c(NC(=O)C2CCCN2C(=O)O)nc1C. The fourth-order valence-corrected chi connectivity index (χ4v) is 2.76. The average molecular weight is 342 g/mol. The van der Waals surface area contributed by atoms with E-state index in [9.17, 15) is 9.59 Å². The van der Waals surface area contributed by atoms with E-state index in [-0.39, 0.29) is 5.91 Å². The van der Waals surface area contributed by atoms with Crippen molar-refractivity contribution in [1.29, 1.82) is 0 Å². The number of hydrogen-bond acceptors (Lipinski definition) is 3. The summed E-state index contributed by atoms with van der Waals surface area (Å²) in [4.78, 5) is 28.7. The molecule has 1 aromatic rings. The molecule has 108 valence electrons. The summed E-state index contributed by atoms with van der Waals surface area (Å²) in [6.45, 7) is 4.19. The lowest BCUT2D eigenvalue weighted by Crippen LogP contribution is -2.42. The summed E-state index contributed by atoms with van der Waals surface area (Å²) in [6, 6.07) is 1.24. The summed E-state index contributed by atoms with van der Waals surface area (Å²) in [7, 11) is 0. The van der Waals surface area contributed by atoms with Gasteiger partial charge in [0.25, 0.3) is 0 Å². The van der Waals surface area contributed by atoms with Gasteiger partial charge in [0.1, 0.15) is 11.9 Å². The molecule has 2 rings (SSSR count). The number of carbonyl (C=O) groups excluding carboxylic acids is 1. The molecule has 0 spiro atoms. The minimum Gasteiger partial charge on any atom is -0.465 e. The van der Waals surface area contributed by atoms with Gasteiger partial charge in [-0.25, -0.2) is 9.78 Å². The second-order valence-corrected chi connectivity index (χ2v) is 5.70. The summed E-state index contributed by atoms with van der Waals surface area (Å²) in [5.41, 5.74) is 1.84. The van der Waals surface area contributed by atoms with Crippen LogP contribution in [0.2, 0.25) is 0 Å². The Hall–Kier alpha value is -1.63. The zero-order valence-electron chi connectivity index (χ0n) is 11.3. The highest BCUT2D eigenvalue weighted by atomic mass is 79.9. The molecule has 20 heavy (non-hydrogen) atoms. The van der Waals surface area contributed by atoms with Crippen molar-refractivity contribution in [1.82, 2.24) is 9.88 Å². The number of hydrogen-bond donors (Lipinski definition) is 2. The Morgan fingerprint density at radius 1 is 1.50 bits per heavy atom. The van der Waals surface area contributed by atoms with Crippen LogP contribution < -0.4 is 5.32 Å². The molecule has 1 fully saturated rings. The van der Waals surface area contributed by atoms with Crippen molar-refractivity contribution >= 4 is 33.7 Å². The largest absolute Gasteiger partial charge is 0.465 e. The molecule has 7 heteroatoms. The third kappa shape index (κ3) is 2.92. The lowest BCUT2D eigenvalue weighted by Gasteiger charge is -2.20. The number of amides is 2. The first-order chi connectivity index (χ1) is 9.40. The number of nitrogens with one attached hydrogen (secondary N) is 1. The first-order valence-corrected chi connectivity index (χ1v) is 7.13. The minimum absolute atomic E-state index is 0.332. The Bertz CT molecular complexity index is 562. The van der Waals surface area contributed by atoms with Crippen molar-refractivity contribution in [2.75, 3.05) is 11.9 Å². The van der Waals surface area contributed by atoms with Crippen molar-refractivity contribution in [2.24, 2.45) is 0 Å². The fraction of sp³-hybridized carbons (Fsp3) is 0.462. The van der Waals surface area contributed by atoms with Crippen molar-refractivity contribution in [2.45, 2.75) is 32.7 Å². The second kappa shape index (κ2) is 5.78. The molecule has 1 atom stereocenters. The van der Waals surface area contributed by atoms with E-state index in [2.05, 4.69) is 26.2 Å². The molecule has 6 nitrogen and oxygen atoms in total. The van der Waals surface area contributed by atoms with Crippen molar-refractivity contribution in [3.63, 3.8) is 0 Å². The summed E-state index contributed by atoms with van der Waals surface area (Å²) < 4.78 is 0.689. The highest BCUT2D eigenvalue weighted by molar-refractivity contribution is 9.10. The zero-order valence-corrected chi connectivity index (χ0v) is 12.9. The number of aromatic nitrogens is 1. The number of carbonyl (C=O) groups is 2. The third-order valence-electron chi connectivity index (χ3n) is 3.46. The van der Waals surface area contributed by atoms with Crippen LogP contribution in [0.3, 0.4) is 0 Å². The minimum atomic E-state index is -1.06. The van der Waals surface area contributed by atoms with Gasteiger partial charge in [0.2, 0.25) is 5.91 Å². The van der Waals surface area contributed by atoms with Crippen molar-refractivity contribution in [3.05, 3.63) is 21.8 Å². The number of pyridine rings is 1. The Labute approximate surface area is 125 Å². The molecule has 0 aliphatic carbocycles. The summed E-state index contributed by atoms with van der Waals surface area (Å²) >= 11 is 3.36. The first-order valence-electron chi connectivity index (χ1n) is 6.34. The van der Waals surface area contributed by atoms with E-state index in [1.165, 1.54) is 4.90 Å². The Balaban J connectivity index is 2.16. The van der Waals surface area contributed by atoms with Gasteiger partial charge < -0.3 is 10.4 Å². The van der Waals surface area contributed by atoms with Crippen LogP contribution in [0.25, 0.3) is 0 Å². The molecule has 1 saturated heterocycles.